The van der Waals surface area contributed by atoms with E-state index in [1.165, 1.54) is 6.08 Å². The van der Waals surface area contributed by atoms with Crippen LogP contribution in [0.3, 0.4) is 0 Å². The van der Waals surface area contributed by atoms with Crippen LogP contribution in [0.4, 0.5) is 5.69 Å². The van der Waals surface area contributed by atoms with Crippen molar-refractivity contribution in [1.82, 2.24) is 5.32 Å². The van der Waals surface area contributed by atoms with E-state index in [4.69, 9.17) is 10.8 Å². The van der Waals surface area contributed by atoms with Gasteiger partial charge in [0.1, 0.15) is 6.04 Å². The summed E-state index contributed by atoms with van der Waals surface area (Å²) in [5.74, 6) is -0.762. The van der Waals surface area contributed by atoms with Crippen LogP contribution < -0.4 is 11.1 Å². The van der Waals surface area contributed by atoms with E-state index >= 15 is 0 Å². The number of benzene rings is 1. The van der Waals surface area contributed by atoms with Crippen LogP contribution in [0, 0.1) is 0 Å². The first-order valence-corrected chi connectivity index (χ1v) is 7.48. The van der Waals surface area contributed by atoms with Gasteiger partial charge in [0.05, 0.1) is 0 Å². The van der Waals surface area contributed by atoms with Gasteiger partial charge in [0.2, 0.25) is 5.91 Å². The van der Waals surface area contributed by atoms with Gasteiger partial charge in [-0.25, -0.2) is 4.79 Å². The molecule has 0 aliphatic carbocycles. The molecule has 1 amide bonds. The number of rotatable bonds is 7. The highest BCUT2D eigenvalue weighted by molar-refractivity contribution is 7.98. The van der Waals surface area contributed by atoms with Crippen molar-refractivity contribution in [2.45, 2.75) is 12.5 Å². The van der Waals surface area contributed by atoms with Gasteiger partial charge in [-0.3, -0.25) is 4.79 Å². The third-order valence-electron chi connectivity index (χ3n) is 2.59. The lowest BCUT2D eigenvalue weighted by Gasteiger charge is -2.12. The summed E-state index contributed by atoms with van der Waals surface area (Å²) >= 11 is 1.54. The van der Waals surface area contributed by atoms with Crippen LogP contribution in [0.2, 0.25) is 0 Å². The number of nitrogen functional groups attached to an aromatic ring is 1. The van der Waals surface area contributed by atoms with E-state index in [2.05, 4.69) is 5.32 Å². The van der Waals surface area contributed by atoms with Gasteiger partial charge in [-0.05, 0) is 42.2 Å². The standard InChI is InChI=1S/C14H18N2O3S/c1-20-9-8-12(14(18)19)16-13(17)7-4-10-2-5-11(15)6-3-10/h2-7,12H,8-9,15H2,1H3,(H,16,17)(H,18,19)/b7-4+/t12-/m1/s1. The van der Waals surface area contributed by atoms with Crippen LogP contribution in [0.15, 0.2) is 30.3 Å². The Balaban J connectivity index is 2.56. The highest BCUT2D eigenvalue weighted by atomic mass is 32.2. The predicted octanol–water partition coefficient (Wildman–Crippen LogP) is 1.60. The molecule has 1 atom stereocenters. The first-order valence-electron chi connectivity index (χ1n) is 6.09. The summed E-state index contributed by atoms with van der Waals surface area (Å²) in [5, 5.41) is 11.5. The lowest BCUT2D eigenvalue weighted by molar-refractivity contribution is -0.141. The average Bonchev–Trinajstić information content (AvgIpc) is 2.42. The number of carbonyl (C=O) groups excluding carboxylic acids is 1. The summed E-state index contributed by atoms with van der Waals surface area (Å²) in [6.07, 6.45) is 5.22. The number of carboxylic acids is 1. The monoisotopic (exact) mass is 294 g/mol. The summed E-state index contributed by atoms with van der Waals surface area (Å²) in [6, 6.07) is 6.17. The van der Waals surface area contributed by atoms with Gasteiger partial charge in [-0.1, -0.05) is 12.1 Å². The number of anilines is 1. The minimum atomic E-state index is -1.02. The van der Waals surface area contributed by atoms with E-state index in [-0.39, 0.29) is 0 Å². The Hall–Kier alpha value is -1.95. The van der Waals surface area contributed by atoms with E-state index in [1.807, 2.05) is 6.26 Å². The molecular formula is C14H18N2O3S. The summed E-state index contributed by atoms with van der Waals surface area (Å²) in [6.45, 7) is 0. The van der Waals surface area contributed by atoms with Crippen molar-refractivity contribution >= 4 is 35.4 Å². The van der Waals surface area contributed by atoms with Crippen molar-refractivity contribution in [3.8, 4) is 0 Å². The Bertz CT molecular complexity index is 486. The number of thioether (sulfide) groups is 1. The van der Waals surface area contributed by atoms with Gasteiger partial charge in [-0.2, -0.15) is 11.8 Å². The second-order valence-electron chi connectivity index (χ2n) is 4.18. The fraction of sp³-hybridized carbons (Fsp3) is 0.286. The molecule has 0 spiro atoms. The Kier molecular flexibility index (Phi) is 6.66. The number of hydrogen-bond donors (Lipinski definition) is 3. The predicted molar refractivity (Wildman–Crippen MR) is 82.5 cm³/mol. The number of nitrogens with two attached hydrogens (primary N) is 1. The van der Waals surface area contributed by atoms with Crippen LogP contribution in [0.1, 0.15) is 12.0 Å². The van der Waals surface area contributed by atoms with Crippen molar-refractivity contribution < 1.29 is 14.7 Å². The maximum absolute atomic E-state index is 11.7. The molecule has 108 valence electrons. The highest BCUT2D eigenvalue weighted by Gasteiger charge is 2.17. The summed E-state index contributed by atoms with van der Waals surface area (Å²) in [7, 11) is 0. The van der Waals surface area contributed by atoms with Gasteiger partial charge in [0.15, 0.2) is 0 Å². The largest absolute Gasteiger partial charge is 0.480 e. The number of nitrogens with one attached hydrogen (secondary N) is 1. The van der Waals surface area contributed by atoms with E-state index in [0.717, 1.165) is 5.56 Å². The quantitative estimate of drug-likeness (QED) is 0.525. The van der Waals surface area contributed by atoms with Gasteiger partial charge in [0, 0.05) is 11.8 Å². The molecule has 0 bridgehead atoms. The van der Waals surface area contributed by atoms with Crippen molar-refractivity contribution in [2.75, 3.05) is 17.7 Å². The zero-order chi connectivity index (χ0) is 15.0. The third-order valence-corrected chi connectivity index (χ3v) is 3.23. The maximum Gasteiger partial charge on any atom is 0.326 e. The molecule has 1 aromatic carbocycles. The number of carbonyl (C=O) groups is 2. The van der Waals surface area contributed by atoms with Crippen LogP contribution in [0.25, 0.3) is 6.08 Å². The molecule has 0 radical (unpaired) electrons. The van der Waals surface area contributed by atoms with Crippen LogP contribution in [-0.4, -0.2) is 35.0 Å². The van der Waals surface area contributed by atoms with E-state index in [0.29, 0.717) is 17.9 Å². The molecule has 5 nitrogen and oxygen atoms in total. The lowest BCUT2D eigenvalue weighted by Crippen LogP contribution is -2.40. The lowest BCUT2D eigenvalue weighted by atomic mass is 10.2. The van der Waals surface area contributed by atoms with Crippen molar-refractivity contribution in [1.29, 1.82) is 0 Å². The zero-order valence-electron chi connectivity index (χ0n) is 11.2. The number of hydrogen-bond acceptors (Lipinski definition) is 4. The highest BCUT2D eigenvalue weighted by Crippen LogP contribution is 2.07. The molecule has 4 N–H and O–H groups in total. The number of carboxylic acid groups (broad SMARTS) is 1. The third kappa shape index (κ3) is 5.79. The molecule has 6 heteroatoms. The van der Waals surface area contributed by atoms with E-state index in [1.54, 1.807) is 42.1 Å². The maximum atomic E-state index is 11.7. The first kappa shape index (κ1) is 16.1. The van der Waals surface area contributed by atoms with Crippen molar-refractivity contribution in [3.63, 3.8) is 0 Å². The molecular weight excluding hydrogens is 276 g/mol. The molecule has 0 aromatic heterocycles. The van der Waals surface area contributed by atoms with Gasteiger partial charge in [0.25, 0.3) is 0 Å². The first-order chi connectivity index (χ1) is 9.52. The van der Waals surface area contributed by atoms with Crippen molar-refractivity contribution in [2.24, 2.45) is 0 Å². The van der Waals surface area contributed by atoms with Gasteiger partial charge >= 0.3 is 5.97 Å². The minimum absolute atomic E-state index is 0.401. The molecule has 0 aliphatic heterocycles. The molecule has 0 saturated carbocycles. The number of aliphatic carboxylic acids is 1. The summed E-state index contributed by atoms with van der Waals surface area (Å²) < 4.78 is 0. The Morgan fingerprint density at radius 1 is 1.40 bits per heavy atom. The molecule has 0 aliphatic rings. The summed E-state index contributed by atoms with van der Waals surface area (Å²) in [4.78, 5) is 22.7. The Labute approximate surface area is 122 Å². The smallest absolute Gasteiger partial charge is 0.326 e. The zero-order valence-corrected chi connectivity index (χ0v) is 12.0. The topological polar surface area (TPSA) is 92.4 Å². The van der Waals surface area contributed by atoms with Gasteiger partial charge in [-0.15, -0.1) is 0 Å². The van der Waals surface area contributed by atoms with E-state index in [9.17, 15) is 9.59 Å². The normalized spacial score (nSPS) is 12.2. The fourth-order valence-electron chi connectivity index (χ4n) is 1.49. The molecule has 1 aromatic rings. The van der Waals surface area contributed by atoms with Crippen LogP contribution >= 0.6 is 11.8 Å². The minimum Gasteiger partial charge on any atom is -0.480 e. The molecule has 1 rings (SSSR count). The second kappa shape index (κ2) is 8.27. The van der Waals surface area contributed by atoms with E-state index < -0.39 is 17.9 Å². The molecule has 0 unspecified atom stereocenters. The van der Waals surface area contributed by atoms with Gasteiger partial charge < -0.3 is 16.2 Å². The average molecular weight is 294 g/mol. The van der Waals surface area contributed by atoms with Crippen LogP contribution in [0.5, 0.6) is 0 Å². The SMILES string of the molecule is CSCC[C@@H](NC(=O)/C=C/c1ccc(N)cc1)C(=O)O. The molecule has 0 fully saturated rings. The second-order valence-corrected chi connectivity index (χ2v) is 5.17. The fourth-order valence-corrected chi connectivity index (χ4v) is 1.96. The number of amides is 1. The molecule has 0 heterocycles. The summed E-state index contributed by atoms with van der Waals surface area (Å²) in [5.41, 5.74) is 7.03. The molecule has 20 heavy (non-hydrogen) atoms. The Morgan fingerprint density at radius 2 is 2.05 bits per heavy atom. The van der Waals surface area contributed by atoms with Crippen molar-refractivity contribution in [3.05, 3.63) is 35.9 Å². The molecule has 0 saturated heterocycles. The van der Waals surface area contributed by atoms with Crippen LogP contribution in [-0.2, 0) is 9.59 Å². The Morgan fingerprint density at radius 3 is 2.60 bits per heavy atom.